The molecule has 1 aromatic rings. The first-order chi connectivity index (χ1) is 14.9. The zero-order valence-corrected chi connectivity index (χ0v) is 18.7. The van der Waals surface area contributed by atoms with Gasteiger partial charge in [-0.25, -0.2) is 4.79 Å². The highest BCUT2D eigenvalue weighted by Gasteiger charge is 2.34. The molecule has 1 heterocycles. The predicted octanol–water partition coefficient (Wildman–Crippen LogP) is 3.75. The van der Waals surface area contributed by atoms with Gasteiger partial charge in [0.15, 0.2) is 11.5 Å². The Morgan fingerprint density at radius 3 is 2.61 bits per heavy atom. The minimum absolute atomic E-state index is 0.0398. The first kappa shape index (κ1) is 24.2. The Balaban J connectivity index is 1.97. The number of para-hydroxylation sites is 1. The number of carbonyl (C=O) groups is 3. The molecule has 170 valence electrons. The molecule has 0 spiro atoms. The number of hydrogen-bond donors (Lipinski definition) is 1. The molecule has 1 fully saturated rings. The predicted molar refractivity (Wildman–Crippen MR) is 117 cm³/mol. The number of amides is 3. The van der Waals surface area contributed by atoms with Gasteiger partial charge in [-0.2, -0.15) is 0 Å². The maximum absolute atomic E-state index is 12.7. The number of carbonyl (C=O) groups excluding carboxylic acids is 3. The van der Waals surface area contributed by atoms with E-state index in [9.17, 15) is 14.4 Å². The summed E-state index contributed by atoms with van der Waals surface area (Å²) < 4.78 is 16.0. The van der Waals surface area contributed by atoms with Gasteiger partial charge in [0.2, 0.25) is 0 Å². The second-order valence-electron chi connectivity index (χ2n) is 7.38. The van der Waals surface area contributed by atoms with Crippen molar-refractivity contribution < 1.29 is 28.6 Å². The minimum atomic E-state index is -0.569. The van der Waals surface area contributed by atoms with E-state index in [0.29, 0.717) is 29.6 Å². The topological polar surface area (TPSA) is 94.2 Å². The number of ether oxygens (including phenoxy) is 3. The molecule has 1 saturated heterocycles. The van der Waals surface area contributed by atoms with Crippen molar-refractivity contribution in [2.75, 3.05) is 27.4 Å². The summed E-state index contributed by atoms with van der Waals surface area (Å²) >= 11 is 0. The van der Waals surface area contributed by atoms with Gasteiger partial charge in [0.05, 0.1) is 27.2 Å². The van der Waals surface area contributed by atoms with Crippen molar-refractivity contribution in [1.82, 2.24) is 10.2 Å². The van der Waals surface area contributed by atoms with E-state index in [2.05, 4.69) is 19.2 Å². The SMILES string of the molecule is CCCCC(CC)COC(=O)CCN1C(=O)NC(=Cc2cccc(OC)c2OC)C1=O. The van der Waals surface area contributed by atoms with Crippen LogP contribution in [0.5, 0.6) is 11.5 Å². The molecule has 0 aromatic heterocycles. The largest absolute Gasteiger partial charge is 0.493 e. The fourth-order valence-corrected chi connectivity index (χ4v) is 3.34. The number of urea groups is 1. The van der Waals surface area contributed by atoms with Gasteiger partial charge in [-0.15, -0.1) is 0 Å². The van der Waals surface area contributed by atoms with Crippen LogP contribution in [0, 0.1) is 5.92 Å². The quantitative estimate of drug-likeness (QED) is 0.307. The monoisotopic (exact) mass is 432 g/mol. The van der Waals surface area contributed by atoms with Gasteiger partial charge < -0.3 is 19.5 Å². The van der Waals surface area contributed by atoms with Gasteiger partial charge in [0, 0.05) is 12.1 Å². The standard InChI is InChI=1S/C23H32N2O6/c1-5-7-9-16(6-2)15-31-20(26)12-13-25-22(27)18(24-23(25)28)14-17-10-8-11-19(29-3)21(17)30-4/h8,10-11,14,16H,5-7,9,12-13,15H2,1-4H3,(H,24,28). The van der Waals surface area contributed by atoms with Crippen LogP contribution in [0.1, 0.15) is 51.5 Å². The van der Waals surface area contributed by atoms with Crippen molar-refractivity contribution in [3.8, 4) is 11.5 Å². The van der Waals surface area contributed by atoms with Crippen LogP contribution in [0.4, 0.5) is 4.79 Å². The van der Waals surface area contributed by atoms with E-state index in [0.717, 1.165) is 30.6 Å². The van der Waals surface area contributed by atoms with Gasteiger partial charge in [0.25, 0.3) is 5.91 Å². The molecule has 1 N–H and O–H groups in total. The Morgan fingerprint density at radius 2 is 1.97 bits per heavy atom. The number of esters is 1. The van der Waals surface area contributed by atoms with E-state index < -0.39 is 17.9 Å². The summed E-state index contributed by atoms with van der Waals surface area (Å²) in [5.41, 5.74) is 0.694. The molecule has 8 nitrogen and oxygen atoms in total. The summed E-state index contributed by atoms with van der Waals surface area (Å²) in [6.45, 7) is 4.54. The van der Waals surface area contributed by atoms with Crippen LogP contribution < -0.4 is 14.8 Å². The number of benzene rings is 1. The highest BCUT2D eigenvalue weighted by molar-refractivity contribution is 6.14. The molecule has 1 aromatic carbocycles. The van der Waals surface area contributed by atoms with Crippen LogP contribution in [-0.4, -0.2) is 50.2 Å². The third-order valence-corrected chi connectivity index (χ3v) is 5.26. The highest BCUT2D eigenvalue weighted by atomic mass is 16.5. The number of rotatable bonds is 12. The van der Waals surface area contributed by atoms with E-state index >= 15 is 0 Å². The van der Waals surface area contributed by atoms with Gasteiger partial charge in [-0.3, -0.25) is 14.5 Å². The number of nitrogens with zero attached hydrogens (tertiary/aromatic N) is 1. The number of imide groups is 1. The normalized spacial score (nSPS) is 15.7. The molecule has 8 heteroatoms. The van der Waals surface area contributed by atoms with E-state index in [1.54, 1.807) is 18.2 Å². The maximum atomic E-state index is 12.7. The van der Waals surface area contributed by atoms with Gasteiger partial charge >= 0.3 is 12.0 Å². The van der Waals surface area contributed by atoms with Crippen LogP contribution in [0.25, 0.3) is 6.08 Å². The number of unbranched alkanes of at least 4 members (excludes halogenated alkanes) is 1. The average molecular weight is 433 g/mol. The zero-order chi connectivity index (χ0) is 22.8. The summed E-state index contributed by atoms with van der Waals surface area (Å²) in [6.07, 6.45) is 5.66. The lowest BCUT2D eigenvalue weighted by Crippen LogP contribution is -2.33. The lowest BCUT2D eigenvalue weighted by molar-refractivity contribution is -0.145. The summed E-state index contributed by atoms with van der Waals surface area (Å²) in [5.74, 6) is 0.389. The molecule has 1 aliphatic rings. The molecular formula is C23H32N2O6. The number of methoxy groups -OCH3 is 2. The summed E-state index contributed by atoms with van der Waals surface area (Å²) in [7, 11) is 3.02. The summed E-state index contributed by atoms with van der Waals surface area (Å²) in [5, 5.41) is 2.55. The maximum Gasteiger partial charge on any atom is 0.329 e. The molecule has 0 aliphatic carbocycles. The van der Waals surface area contributed by atoms with Crippen molar-refractivity contribution in [1.29, 1.82) is 0 Å². The first-order valence-corrected chi connectivity index (χ1v) is 10.7. The number of hydrogen-bond acceptors (Lipinski definition) is 6. The fourth-order valence-electron chi connectivity index (χ4n) is 3.34. The zero-order valence-electron chi connectivity index (χ0n) is 18.7. The molecule has 3 amide bonds. The first-order valence-electron chi connectivity index (χ1n) is 10.7. The summed E-state index contributed by atoms with van der Waals surface area (Å²) in [6, 6.07) is 4.67. The second kappa shape index (κ2) is 12.0. The molecule has 0 bridgehead atoms. The third kappa shape index (κ3) is 6.47. The minimum Gasteiger partial charge on any atom is -0.493 e. The Kier molecular flexibility index (Phi) is 9.37. The Morgan fingerprint density at radius 1 is 1.19 bits per heavy atom. The third-order valence-electron chi connectivity index (χ3n) is 5.26. The van der Waals surface area contributed by atoms with Gasteiger partial charge in [-0.1, -0.05) is 45.2 Å². The van der Waals surface area contributed by atoms with Crippen molar-refractivity contribution in [3.63, 3.8) is 0 Å². The Bertz CT molecular complexity index is 820. The van der Waals surface area contributed by atoms with Crippen molar-refractivity contribution in [2.45, 2.75) is 46.0 Å². The smallest absolute Gasteiger partial charge is 0.329 e. The highest BCUT2D eigenvalue weighted by Crippen LogP contribution is 2.32. The lowest BCUT2D eigenvalue weighted by Gasteiger charge is -2.15. The molecule has 0 radical (unpaired) electrons. The molecule has 1 unspecified atom stereocenters. The Labute approximate surface area is 183 Å². The second-order valence-corrected chi connectivity index (χ2v) is 7.38. The van der Waals surface area contributed by atoms with Crippen LogP contribution in [0.2, 0.25) is 0 Å². The van der Waals surface area contributed by atoms with E-state index in [4.69, 9.17) is 14.2 Å². The molecule has 0 saturated carbocycles. The van der Waals surface area contributed by atoms with Crippen LogP contribution in [-0.2, 0) is 14.3 Å². The lowest BCUT2D eigenvalue weighted by atomic mass is 10.0. The van der Waals surface area contributed by atoms with Gasteiger partial charge in [0.1, 0.15) is 5.70 Å². The molecular weight excluding hydrogens is 400 g/mol. The summed E-state index contributed by atoms with van der Waals surface area (Å²) in [4.78, 5) is 38.0. The fraction of sp³-hybridized carbons (Fsp3) is 0.522. The van der Waals surface area contributed by atoms with E-state index in [1.807, 2.05) is 0 Å². The molecule has 2 rings (SSSR count). The molecule has 31 heavy (non-hydrogen) atoms. The van der Waals surface area contributed by atoms with Crippen LogP contribution in [0.15, 0.2) is 23.9 Å². The average Bonchev–Trinajstić information content (AvgIpc) is 3.04. The molecule has 1 atom stereocenters. The van der Waals surface area contributed by atoms with E-state index in [-0.39, 0.29) is 18.7 Å². The van der Waals surface area contributed by atoms with Crippen molar-refractivity contribution in [3.05, 3.63) is 29.5 Å². The Hall–Kier alpha value is -3.03. The van der Waals surface area contributed by atoms with Crippen molar-refractivity contribution in [2.24, 2.45) is 5.92 Å². The molecule has 1 aliphatic heterocycles. The van der Waals surface area contributed by atoms with Crippen molar-refractivity contribution >= 4 is 24.0 Å². The van der Waals surface area contributed by atoms with Crippen LogP contribution in [0.3, 0.4) is 0 Å². The van der Waals surface area contributed by atoms with E-state index in [1.165, 1.54) is 20.3 Å². The van der Waals surface area contributed by atoms with Gasteiger partial charge in [-0.05, 0) is 24.5 Å². The van der Waals surface area contributed by atoms with Crippen LogP contribution >= 0.6 is 0 Å². The number of nitrogens with one attached hydrogen (secondary N) is 1.